The Hall–Kier alpha value is -4.28. The van der Waals surface area contributed by atoms with Crippen LogP contribution in [0.15, 0.2) is 76.3 Å². The highest BCUT2D eigenvalue weighted by Gasteiger charge is 2.45. The highest BCUT2D eigenvalue weighted by molar-refractivity contribution is 6.20. The number of phenols is 1. The van der Waals surface area contributed by atoms with Gasteiger partial charge >= 0.3 is 0 Å². The molecule has 1 aliphatic rings. The third kappa shape index (κ3) is 6.61. The predicted molar refractivity (Wildman–Crippen MR) is 173 cm³/mol. The molecule has 0 spiro atoms. The molecule has 2 amide bonds. The lowest BCUT2D eigenvalue weighted by atomic mass is 9.90. The molecule has 0 bridgehead atoms. The summed E-state index contributed by atoms with van der Waals surface area (Å²) in [5, 5.41) is 10.7. The first-order valence-corrected chi connectivity index (χ1v) is 14.5. The van der Waals surface area contributed by atoms with Crippen LogP contribution in [0.25, 0.3) is 11.0 Å². The molecule has 3 heterocycles. The van der Waals surface area contributed by atoms with E-state index in [0.29, 0.717) is 68.5 Å². The highest BCUT2D eigenvalue weighted by Crippen LogP contribution is 2.40. The third-order valence-corrected chi connectivity index (χ3v) is 7.98. The number of amides is 2. The van der Waals surface area contributed by atoms with E-state index in [-0.39, 0.29) is 35.5 Å². The van der Waals surface area contributed by atoms with Gasteiger partial charge in [0.2, 0.25) is 11.8 Å². The van der Waals surface area contributed by atoms with Crippen molar-refractivity contribution >= 4 is 46.6 Å². The Morgan fingerprint density at radius 2 is 1.77 bits per heavy atom. The van der Waals surface area contributed by atoms with Crippen molar-refractivity contribution in [2.45, 2.75) is 40.3 Å². The van der Waals surface area contributed by atoms with Crippen molar-refractivity contribution < 1.29 is 23.8 Å². The zero-order valence-corrected chi connectivity index (χ0v) is 26.3. The molecule has 0 atom stereocenters. The van der Waals surface area contributed by atoms with Crippen molar-refractivity contribution in [1.29, 1.82) is 0 Å². The van der Waals surface area contributed by atoms with Gasteiger partial charge in [-0.05, 0) is 69.2 Å². The van der Waals surface area contributed by atoms with Gasteiger partial charge in [0.25, 0.3) is 5.56 Å². The Morgan fingerprint density at radius 1 is 0.977 bits per heavy atom. The predicted octanol–water partition coefficient (Wildman–Crippen LogP) is 5.05. The molecule has 1 aliphatic heterocycles. The summed E-state index contributed by atoms with van der Waals surface area (Å²) in [6, 6.07) is 16.3. The topological polar surface area (TPSA) is 108 Å². The van der Waals surface area contributed by atoms with Gasteiger partial charge in [-0.1, -0.05) is 12.1 Å². The number of hydrogen-bond donors (Lipinski definition) is 1. The lowest BCUT2D eigenvalue weighted by Crippen LogP contribution is -2.47. The fourth-order valence-corrected chi connectivity index (χ4v) is 5.55. The third-order valence-electron chi connectivity index (χ3n) is 7.98. The molecule has 4 aromatic rings. The lowest BCUT2D eigenvalue weighted by molar-refractivity contribution is -0.137. The smallest absolute Gasteiger partial charge is 0.294 e. The molecule has 0 radical (unpaired) electrons. The van der Waals surface area contributed by atoms with Crippen molar-refractivity contribution in [3.05, 3.63) is 83.0 Å². The second kappa shape index (κ2) is 13.6. The van der Waals surface area contributed by atoms with Gasteiger partial charge in [0.15, 0.2) is 5.58 Å². The number of ether oxygens (including phenoxy) is 1. The summed E-state index contributed by atoms with van der Waals surface area (Å²) in [5.41, 5.74) is 1.29. The van der Waals surface area contributed by atoms with E-state index in [2.05, 4.69) is 4.90 Å². The fourth-order valence-electron chi connectivity index (χ4n) is 5.55. The van der Waals surface area contributed by atoms with Crippen LogP contribution in [-0.4, -0.2) is 59.7 Å². The average Bonchev–Trinajstić information content (AvgIpc) is 3.47. The molecular weight excluding hydrogens is 584 g/mol. The van der Waals surface area contributed by atoms with Crippen LogP contribution in [0.2, 0.25) is 0 Å². The van der Waals surface area contributed by atoms with Crippen molar-refractivity contribution in [1.82, 2.24) is 9.47 Å². The number of aromatic nitrogens is 1. The van der Waals surface area contributed by atoms with Gasteiger partial charge in [0.05, 0.1) is 24.2 Å². The Balaban J connectivity index is 0.00000442. The van der Waals surface area contributed by atoms with Gasteiger partial charge in [-0.25, -0.2) is 0 Å². The molecule has 0 saturated carbocycles. The standard InChI is InChI=1S/C33H38N4O6.ClH/c1-5-37-27-11-10-26(21-28(27)34(4)31(40)33(2,3)32(37)41)42-18-7-14-35(22-23-8-6-9-25(38)20-23)16-17-36-15-12-24-13-19-43-29(24)30(36)39;/h6,8-13,15,19-21,38H,5,7,14,16-18,22H2,1-4H3;1H. The minimum Gasteiger partial charge on any atom is -0.508 e. The highest BCUT2D eigenvalue weighted by atomic mass is 35.5. The molecule has 0 unspecified atom stereocenters. The van der Waals surface area contributed by atoms with Gasteiger partial charge in [-0.15, -0.1) is 12.4 Å². The summed E-state index contributed by atoms with van der Waals surface area (Å²) in [6.07, 6.45) is 4.00. The number of pyridine rings is 1. The van der Waals surface area contributed by atoms with Crippen molar-refractivity contribution in [2.24, 2.45) is 5.41 Å². The van der Waals surface area contributed by atoms with E-state index < -0.39 is 5.41 Å². The molecule has 1 N–H and O–H groups in total. The number of furan rings is 1. The minimum absolute atomic E-state index is 0. The number of anilines is 2. The molecule has 2 aromatic heterocycles. The van der Waals surface area contributed by atoms with E-state index in [0.717, 1.165) is 10.9 Å². The van der Waals surface area contributed by atoms with Gasteiger partial charge < -0.3 is 28.6 Å². The Labute approximate surface area is 262 Å². The molecule has 2 aromatic carbocycles. The number of rotatable bonds is 11. The van der Waals surface area contributed by atoms with E-state index >= 15 is 0 Å². The number of fused-ring (bicyclic) bond motifs is 2. The molecule has 0 saturated heterocycles. The van der Waals surface area contributed by atoms with Gasteiger partial charge in [-0.2, -0.15) is 0 Å². The molecule has 44 heavy (non-hydrogen) atoms. The maximum atomic E-state index is 13.1. The summed E-state index contributed by atoms with van der Waals surface area (Å²) in [7, 11) is 1.69. The average molecular weight is 623 g/mol. The second-order valence-corrected chi connectivity index (χ2v) is 11.4. The van der Waals surface area contributed by atoms with Gasteiger partial charge in [-0.3, -0.25) is 19.3 Å². The number of hydrogen-bond acceptors (Lipinski definition) is 7. The monoisotopic (exact) mass is 622 g/mol. The second-order valence-electron chi connectivity index (χ2n) is 11.4. The number of carbonyl (C=O) groups is 2. The molecule has 234 valence electrons. The van der Waals surface area contributed by atoms with Crippen LogP contribution in [0.1, 0.15) is 32.8 Å². The van der Waals surface area contributed by atoms with E-state index in [1.807, 2.05) is 43.3 Å². The lowest BCUT2D eigenvalue weighted by Gasteiger charge is -2.27. The molecule has 0 fully saturated rings. The zero-order valence-electron chi connectivity index (χ0n) is 25.5. The number of carbonyl (C=O) groups excluding carboxylic acids is 2. The van der Waals surface area contributed by atoms with Crippen LogP contribution in [0, 0.1) is 5.41 Å². The first kappa shape index (κ1) is 32.6. The van der Waals surface area contributed by atoms with Crippen LogP contribution < -0.4 is 20.1 Å². The van der Waals surface area contributed by atoms with Crippen LogP contribution in [0.3, 0.4) is 0 Å². The maximum Gasteiger partial charge on any atom is 0.294 e. The van der Waals surface area contributed by atoms with Crippen molar-refractivity contribution in [3.8, 4) is 11.5 Å². The first-order chi connectivity index (χ1) is 20.6. The van der Waals surface area contributed by atoms with Crippen LogP contribution in [-0.2, 0) is 22.7 Å². The van der Waals surface area contributed by atoms with E-state index in [9.17, 15) is 19.5 Å². The number of aromatic hydroxyl groups is 1. The van der Waals surface area contributed by atoms with Crippen molar-refractivity contribution in [3.63, 3.8) is 0 Å². The number of nitrogens with zero attached hydrogens (tertiary/aromatic N) is 4. The maximum absolute atomic E-state index is 13.1. The molecule has 5 rings (SSSR count). The summed E-state index contributed by atoms with van der Waals surface area (Å²) in [6.45, 7) is 8.44. The van der Waals surface area contributed by atoms with E-state index in [4.69, 9.17) is 9.15 Å². The largest absolute Gasteiger partial charge is 0.508 e. The Bertz CT molecular complexity index is 1700. The molecule has 0 aliphatic carbocycles. The Kier molecular flexibility index (Phi) is 10.1. The quantitative estimate of drug-likeness (QED) is 0.184. The number of phenolic OH excluding ortho intramolecular Hbond substituents is 1. The summed E-state index contributed by atoms with van der Waals surface area (Å²) < 4.78 is 13.1. The number of benzene rings is 2. The molecular formula is C33H39ClN4O6. The summed E-state index contributed by atoms with van der Waals surface area (Å²) >= 11 is 0. The summed E-state index contributed by atoms with van der Waals surface area (Å²) in [5.74, 6) is 0.329. The first-order valence-electron chi connectivity index (χ1n) is 14.5. The van der Waals surface area contributed by atoms with Gasteiger partial charge in [0.1, 0.15) is 16.9 Å². The normalized spacial score (nSPS) is 14.5. The molecule has 11 heteroatoms. The van der Waals surface area contributed by atoms with Crippen molar-refractivity contribution in [2.75, 3.05) is 43.1 Å². The molecule has 10 nitrogen and oxygen atoms in total. The van der Waals surface area contributed by atoms with Crippen LogP contribution in [0.4, 0.5) is 11.4 Å². The SMILES string of the molecule is CCN1C(=O)C(C)(C)C(=O)N(C)c2cc(OCCCN(CCn3ccc4ccoc4c3=O)Cc3cccc(O)c3)ccc21.Cl. The fraction of sp³-hybridized carbons (Fsp3) is 0.364. The summed E-state index contributed by atoms with van der Waals surface area (Å²) in [4.78, 5) is 44.5. The minimum atomic E-state index is -1.17. The van der Waals surface area contributed by atoms with E-state index in [1.165, 1.54) is 11.2 Å². The van der Waals surface area contributed by atoms with Crippen LogP contribution in [0.5, 0.6) is 11.5 Å². The zero-order chi connectivity index (χ0) is 30.7. The van der Waals surface area contributed by atoms with Gasteiger partial charge in [0, 0.05) is 57.4 Å². The van der Waals surface area contributed by atoms with Crippen LogP contribution >= 0.6 is 12.4 Å². The number of halogens is 1. The van der Waals surface area contributed by atoms with E-state index in [1.54, 1.807) is 54.8 Å². The Morgan fingerprint density at radius 3 is 2.52 bits per heavy atom.